The minimum Gasteiger partial charge on any atom is -0.507 e. The molecule has 0 heterocycles. The molecule has 1 N–H and O–H groups in total. The molecule has 0 aromatic carbocycles. The smallest absolute Gasteiger partial charge is 0.122 e. The van der Waals surface area contributed by atoms with E-state index in [9.17, 15) is 0 Å². The lowest BCUT2D eigenvalue weighted by molar-refractivity contribution is 0.423. The van der Waals surface area contributed by atoms with E-state index in [-0.39, 0.29) is 11.2 Å². The molecule has 0 aliphatic rings. The van der Waals surface area contributed by atoms with Crippen molar-refractivity contribution in [3.63, 3.8) is 0 Å². The van der Waals surface area contributed by atoms with E-state index >= 15 is 0 Å². The van der Waals surface area contributed by atoms with E-state index in [4.69, 9.17) is 5.11 Å². The molecule has 0 saturated carbocycles. The van der Waals surface area contributed by atoms with Crippen LogP contribution in [0.25, 0.3) is 0 Å². The predicted octanol–water partition coefficient (Wildman–Crippen LogP) is 3.77. The fraction of sp³-hybridized carbons (Fsp3) is 0.556. The molecule has 0 atom stereocenters. The Balaban J connectivity index is 4.41. The van der Waals surface area contributed by atoms with Crippen LogP contribution < -0.4 is 0 Å². The van der Waals surface area contributed by atoms with Crippen LogP contribution in [0.5, 0.6) is 0 Å². The van der Waals surface area contributed by atoms with E-state index in [0.29, 0.717) is 4.48 Å². The van der Waals surface area contributed by atoms with Crippen molar-refractivity contribution in [3.8, 4) is 0 Å². The van der Waals surface area contributed by atoms with Crippen LogP contribution in [0, 0.1) is 5.41 Å². The first-order valence-electron chi connectivity index (χ1n) is 3.65. The van der Waals surface area contributed by atoms with Gasteiger partial charge in [0.1, 0.15) is 5.76 Å². The summed E-state index contributed by atoms with van der Waals surface area (Å²) in [5.41, 5.74) is 0.116. The van der Waals surface area contributed by atoms with Crippen LogP contribution in [0.2, 0.25) is 0 Å². The molecule has 0 aliphatic carbocycles. The van der Waals surface area contributed by atoms with Crippen LogP contribution in [0.3, 0.4) is 0 Å². The molecule has 64 valence electrons. The summed E-state index contributed by atoms with van der Waals surface area (Å²) in [4.78, 5) is 0. The van der Waals surface area contributed by atoms with E-state index < -0.39 is 0 Å². The monoisotopic (exact) mass is 218 g/mol. The van der Waals surface area contributed by atoms with Crippen molar-refractivity contribution in [1.29, 1.82) is 0 Å². The van der Waals surface area contributed by atoms with E-state index in [2.05, 4.69) is 43.3 Å². The van der Waals surface area contributed by atoms with Gasteiger partial charge in [-0.1, -0.05) is 33.4 Å². The topological polar surface area (TPSA) is 20.2 Å². The molecule has 0 saturated heterocycles. The molecule has 0 bridgehead atoms. The summed E-state index contributed by atoms with van der Waals surface area (Å²) in [5.74, 6) is 0.0894. The zero-order chi connectivity index (χ0) is 9.07. The first-order chi connectivity index (χ1) is 4.89. The van der Waals surface area contributed by atoms with Crippen LogP contribution in [0.15, 0.2) is 22.9 Å². The highest BCUT2D eigenvalue weighted by molar-refractivity contribution is 9.11. The summed E-state index contributed by atoms with van der Waals surface area (Å²) in [6.07, 6.45) is 3.00. The number of hydrogen-bond acceptors (Lipinski definition) is 1. The molecule has 0 aliphatic heterocycles. The molecule has 0 radical (unpaired) electrons. The van der Waals surface area contributed by atoms with Gasteiger partial charge in [-0.3, -0.25) is 0 Å². The highest BCUT2D eigenvalue weighted by Crippen LogP contribution is 2.27. The van der Waals surface area contributed by atoms with Crippen LogP contribution in [-0.4, -0.2) is 5.11 Å². The van der Waals surface area contributed by atoms with Crippen LogP contribution in [-0.2, 0) is 0 Å². The van der Waals surface area contributed by atoms with Gasteiger partial charge in [-0.25, -0.2) is 0 Å². The maximum Gasteiger partial charge on any atom is 0.122 e. The lowest BCUT2D eigenvalue weighted by atomic mass is 9.90. The van der Waals surface area contributed by atoms with Gasteiger partial charge in [0.15, 0.2) is 0 Å². The van der Waals surface area contributed by atoms with Gasteiger partial charge in [0.05, 0.1) is 4.48 Å². The summed E-state index contributed by atoms with van der Waals surface area (Å²) in [6.45, 7) is 9.74. The summed E-state index contributed by atoms with van der Waals surface area (Å²) in [7, 11) is 0. The van der Waals surface area contributed by atoms with Crippen molar-refractivity contribution in [2.24, 2.45) is 5.41 Å². The number of rotatable bonds is 3. The van der Waals surface area contributed by atoms with Crippen LogP contribution in [0.1, 0.15) is 27.2 Å². The lowest BCUT2D eigenvalue weighted by Crippen LogP contribution is -2.05. The molecule has 2 heteroatoms. The zero-order valence-electron chi connectivity index (χ0n) is 7.32. The second kappa shape index (κ2) is 3.96. The molecule has 0 fully saturated rings. The summed E-state index contributed by atoms with van der Waals surface area (Å²) < 4.78 is 0.685. The average Bonchev–Trinajstić information content (AvgIpc) is 1.87. The van der Waals surface area contributed by atoms with E-state index in [1.54, 1.807) is 0 Å². The largest absolute Gasteiger partial charge is 0.507 e. The van der Waals surface area contributed by atoms with Crippen molar-refractivity contribution >= 4 is 15.9 Å². The van der Waals surface area contributed by atoms with Gasteiger partial charge in [-0.15, -0.1) is 0 Å². The lowest BCUT2D eigenvalue weighted by Gasteiger charge is -2.17. The first-order valence-corrected chi connectivity index (χ1v) is 4.45. The van der Waals surface area contributed by atoms with Crippen molar-refractivity contribution in [3.05, 3.63) is 22.9 Å². The second-order valence-electron chi connectivity index (χ2n) is 3.28. The SMILES string of the molecule is C=C(O)/C(Br)=C\C(C)(C)CC. The second-order valence-corrected chi connectivity index (χ2v) is 4.14. The Bertz CT molecular complexity index is 180. The Kier molecular flexibility index (Phi) is 3.87. The molecular weight excluding hydrogens is 204 g/mol. The third-order valence-corrected chi connectivity index (χ3v) is 2.39. The van der Waals surface area contributed by atoms with Gasteiger partial charge in [0.25, 0.3) is 0 Å². The molecule has 0 rings (SSSR count). The maximum atomic E-state index is 8.97. The molecule has 0 spiro atoms. The van der Waals surface area contributed by atoms with Gasteiger partial charge in [-0.05, 0) is 27.8 Å². The third-order valence-electron chi connectivity index (χ3n) is 1.70. The minimum absolute atomic E-state index is 0.0894. The summed E-state index contributed by atoms with van der Waals surface area (Å²) in [5, 5.41) is 8.97. The predicted molar refractivity (Wildman–Crippen MR) is 52.9 cm³/mol. The van der Waals surface area contributed by atoms with Crippen molar-refractivity contribution in [2.75, 3.05) is 0 Å². The Hall–Kier alpha value is -0.240. The van der Waals surface area contributed by atoms with E-state index in [0.717, 1.165) is 6.42 Å². The third kappa shape index (κ3) is 4.25. The molecule has 0 aromatic heterocycles. The molecular formula is C9H15BrO. The molecule has 1 nitrogen and oxygen atoms in total. The summed E-state index contributed by atoms with van der Waals surface area (Å²) >= 11 is 3.23. The maximum absolute atomic E-state index is 8.97. The molecule has 0 unspecified atom stereocenters. The normalized spacial score (nSPS) is 13.3. The Morgan fingerprint density at radius 2 is 2.09 bits per heavy atom. The number of hydrogen-bond donors (Lipinski definition) is 1. The molecule has 11 heavy (non-hydrogen) atoms. The van der Waals surface area contributed by atoms with Gasteiger partial charge in [-0.2, -0.15) is 0 Å². The highest BCUT2D eigenvalue weighted by atomic mass is 79.9. The van der Waals surface area contributed by atoms with Gasteiger partial charge in [0, 0.05) is 0 Å². The number of halogens is 1. The van der Waals surface area contributed by atoms with Gasteiger partial charge < -0.3 is 5.11 Å². The Labute approximate surface area is 76.9 Å². The van der Waals surface area contributed by atoms with E-state index in [1.807, 2.05) is 6.08 Å². The van der Waals surface area contributed by atoms with Crippen molar-refractivity contribution in [1.82, 2.24) is 0 Å². The highest BCUT2D eigenvalue weighted by Gasteiger charge is 2.12. The summed E-state index contributed by atoms with van der Waals surface area (Å²) in [6, 6.07) is 0. The molecule has 0 aromatic rings. The average molecular weight is 219 g/mol. The fourth-order valence-electron chi connectivity index (χ4n) is 0.528. The van der Waals surface area contributed by atoms with Crippen LogP contribution in [0.4, 0.5) is 0 Å². The quantitative estimate of drug-likeness (QED) is 0.565. The van der Waals surface area contributed by atoms with Crippen molar-refractivity contribution < 1.29 is 5.11 Å². The Morgan fingerprint density at radius 1 is 1.64 bits per heavy atom. The number of aliphatic hydroxyl groups excluding tert-OH is 1. The van der Waals surface area contributed by atoms with E-state index in [1.165, 1.54) is 0 Å². The zero-order valence-corrected chi connectivity index (χ0v) is 8.90. The number of aliphatic hydroxyl groups is 1. The van der Waals surface area contributed by atoms with Gasteiger partial charge in [0.2, 0.25) is 0 Å². The standard InChI is InChI=1S/C9H15BrO/c1-5-9(3,4)6-8(10)7(2)11/h6,11H,2,5H2,1,3-4H3/b8-6+. The fourth-order valence-corrected chi connectivity index (χ4v) is 1.15. The minimum atomic E-state index is 0.0894. The van der Waals surface area contributed by atoms with Crippen LogP contribution >= 0.6 is 15.9 Å². The van der Waals surface area contributed by atoms with Crippen molar-refractivity contribution in [2.45, 2.75) is 27.2 Å². The van der Waals surface area contributed by atoms with Gasteiger partial charge >= 0.3 is 0 Å². The number of allylic oxidation sites excluding steroid dienone is 2. The Morgan fingerprint density at radius 3 is 2.36 bits per heavy atom. The first kappa shape index (κ1) is 10.8. The molecule has 0 amide bonds.